The van der Waals surface area contributed by atoms with E-state index in [9.17, 15) is 4.39 Å². The van der Waals surface area contributed by atoms with Crippen LogP contribution in [0.5, 0.6) is 0 Å². The molecule has 1 aliphatic rings. The summed E-state index contributed by atoms with van der Waals surface area (Å²) in [5, 5.41) is 8.31. The molecule has 7 nitrogen and oxygen atoms in total. The van der Waals surface area contributed by atoms with Crippen molar-refractivity contribution in [1.82, 2.24) is 24.9 Å². The Labute approximate surface area is 138 Å². The average Bonchev–Trinajstić information content (AvgIpc) is 3.29. The average molecular weight is 328 g/mol. The van der Waals surface area contributed by atoms with Crippen LogP contribution in [0.2, 0.25) is 0 Å². The lowest BCUT2D eigenvalue weighted by Crippen LogP contribution is -2.37. The smallest absolute Gasteiger partial charge is 0.266 e. The second-order valence-electron chi connectivity index (χ2n) is 5.91. The summed E-state index contributed by atoms with van der Waals surface area (Å²) in [6.07, 6.45) is 5.87. The van der Waals surface area contributed by atoms with Crippen molar-refractivity contribution in [2.45, 2.75) is 25.3 Å². The molecule has 0 bridgehead atoms. The van der Waals surface area contributed by atoms with Crippen molar-refractivity contribution in [3.8, 4) is 0 Å². The van der Waals surface area contributed by atoms with E-state index in [2.05, 4.69) is 25.1 Å². The highest BCUT2D eigenvalue weighted by molar-refractivity contribution is 5.30. The zero-order valence-electron chi connectivity index (χ0n) is 13.0. The zero-order chi connectivity index (χ0) is 16.4. The number of halogens is 1. The summed E-state index contributed by atoms with van der Waals surface area (Å²) < 4.78 is 20.2. The first-order valence-electron chi connectivity index (χ1n) is 7.94. The predicted octanol–water partition coefficient (Wildman–Crippen LogP) is 2.23. The second kappa shape index (κ2) is 6.38. The van der Waals surface area contributed by atoms with Crippen LogP contribution in [0.25, 0.3) is 0 Å². The Morgan fingerprint density at radius 2 is 2.12 bits per heavy atom. The van der Waals surface area contributed by atoms with Crippen molar-refractivity contribution in [1.29, 1.82) is 0 Å². The number of rotatable bonds is 4. The third-order valence-electron chi connectivity index (χ3n) is 4.22. The summed E-state index contributed by atoms with van der Waals surface area (Å²) in [6.45, 7) is 1.67. The van der Waals surface area contributed by atoms with Crippen molar-refractivity contribution >= 4 is 5.95 Å². The van der Waals surface area contributed by atoms with Gasteiger partial charge in [0.1, 0.15) is 18.5 Å². The van der Waals surface area contributed by atoms with Crippen molar-refractivity contribution in [3.63, 3.8) is 0 Å². The van der Waals surface area contributed by atoms with E-state index in [1.54, 1.807) is 24.8 Å². The molecule has 1 saturated heterocycles. The fourth-order valence-electron chi connectivity index (χ4n) is 2.98. The topological polar surface area (TPSA) is 72.9 Å². The fourth-order valence-corrected chi connectivity index (χ4v) is 2.98. The van der Waals surface area contributed by atoms with E-state index in [4.69, 9.17) is 4.52 Å². The van der Waals surface area contributed by atoms with Gasteiger partial charge in [-0.2, -0.15) is 10.1 Å². The third kappa shape index (κ3) is 3.12. The Hall–Kier alpha value is -2.77. The lowest BCUT2D eigenvalue weighted by atomic mass is 10.1. The van der Waals surface area contributed by atoms with Gasteiger partial charge >= 0.3 is 0 Å². The highest BCUT2D eigenvalue weighted by Crippen LogP contribution is 2.24. The van der Waals surface area contributed by atoms with Gasteiger partial charge in [0, 0.05) is 13.1 Å². The maximum absolute atomic E-state index is 13.0. The van der Waals surface area contributed by atoms with Crippen molar-refractivity contribution < 1.29 is 8.91 Å². The van der Waals surface area contributed by atoms with E-state index >= 15 is 0 Å². The van der Waals surface area contributed by atoms with Crippen molar-refractivity contribution in [2.75, 3.05) is 18.0 Å². The lowest BCUT2D eigenvalue weighted by Gasteiger charge is -2.31. The molecular weight excluding hydrogens is 311 g/mol. The molecule has 4 rings (SSSR count). The minimum Gasteiger partial charge on any atom is -0.337 e. The molecule has 0 amide bonds. The van der Waals surface area contributed by atoms with Gasteiger partial charge in [-0.05, 0) is 35.7 Å². The van der Waals surface area contributed by atoms with Gasteiger partial charge in [0.25, 0.3) is 5.95 Å². The summed E-state index contributed by atoms with van der Waals surface area (Å²) in [5.41, 5.74) is 0.936. The number of nitrogens with zero attached hydrogens (tertiary/aromatic N) is 6. The molecule has 3 aromatic rings. The number of anilines is 1. The first-order valence-corrected chi connectivity index (χ1v) is 7.94. The van der Waals surface area contributed by atoms with Crippen LogP contribution in [-0.2, 0) is 6.42 Å². The van der Waals surface area contributed by atoms with Crippen LogP contribution in [0, 0.1) is 5.82 Å². The van der Waals surface area contributed by atoms with Crippen LogP contribution in [0.15, 0.2) is 41.4 Å². The third-order valence-corrected chi connectivity index (χ3v) is 4.22. The number of benzene rings is 1. The molecule has 0 radical (unpaired) electrons. The quantitative estimate of drug-likeness (QED) is 0.731. The first-order chi connectivity index (χ1) is 11.8. The number of hydrogen-bond donors (Lipinski definition) is 0. The molecule has 0 aliphatic carbocycles. The Morgan fingerprint density at radius 1 is 1.25 bits per heavy atom. The Bertz CT molecular complexity index is 785. The molecule has 2 aromatic heterocycles. The molecule has 1 aromatic carbocycles. The summed E-state index contributed by atoms with van der Waals surface area (Å²) >= 11 is 0. The molecule has 0 N–H and O–H groups in total. The SMILES string of the molecule is Fc1ccc(Cc2nc(N3CCCC(n4cncn4)C3)no2)cc1. The molecule has 1 aliphatic heterocycles. The zero-order valence-corrected chi connectivity index (χ0v) is 13.0. The Morgan fingerprint density at radius 3 is 2.92 bits per heavy atom. The second-order valence-corrected chi connectivity index (χ2v) is 5.91. The van der Waals surface area contributed by atoms with Crippen LogP contribution in [-0.4, -0.2) is 38.0 Å². The molecule has 124 valence electrons. The highest BCUT2D eigenvalue weighted by atomic mass is 19.1. The summed E-state index contributed by atoms with van der Waals surface area (Å²) in [7, 11) is 0. The maximum atomic E-state index is 13.0. The van der Waals surface area contributed by atoms with Crippen LogP contribution < -0.4 is 4.90 Å². The fraction of sp³-hybridized carbons (Fsp3) is 0.375. The van der Waals surface area contributed by atoms with E-state index in [1.807, 2.05) is 4.68 Å². The highest BCUT2D eigenvalue weighted by Gasteiger charge is 2.25. The molecule has 24 heavy (non-hydrogen) atoms. The summed E-state index contributed by atoms with van der Waals surface area (Å²) in [6, 6.07) is 6.57. The van der Waals surface area contributed by atoms with Crippen LogP contribution >= 0.6 is 0 Å². The van der Waals surface area contributed by atoms with Crippen LogP contribution in [0.1, 0.15) is 30.3 Å². The van der Waals surface area contributed by atoms with E-state index in [1.165, 1.54) is 12.1 Å². The Kier molecular flexibility index (Phi) is 3.94. The molecule has 1 fully saturated rings. The minimum absolute atomic E-state index is 0.252. The largest absolute Gasteiger partial charge is 0.337 e. The first kappa shape index (κ1) is 14.8. The minimum atomic E-state index is -0.252. The maximum Gasteiger partial charge on any atom is 0.266 e. The van der Waals surface area contributed by atoms with E-state index in [0.29, 0.717) is 18.3 Å². The van der Waals surface area contributed by atoms with Crippen molar-refractivity contribution in [2.24, 2.45) is 0 Å². The van der Waals surface area contributed by atoms with Gasteiger partial charge in [0.2, 0.25) is 5.89 Å². The standard InChI is InChI=1S/C16H17FN6O/c17-13-5-3-12(4-6-13)8-15-20-16(21-24-15)22-7-1-2-14(9-22)23-11-18-10-19-23/h3-6,10-11,14H,1-2,7-9H2. The normalized spacial score (nSPS) is 18.0. The van der Waals surface area contributed by atoms with Gasteiger partial charge in [-0.15, -0.1) is 0 Å². The Balaban J connectivity index is 1.45. The number of hydrogen-bond acceptors (Lipinski definition) is 6. The van der Waals surface area contributed by atoms with E-state index in [0.717, 1.165) is 31.5 Å². The summed E-state index contributed by atoms with van der Waals surface area (Å²) in [5.74, 6) is 0.869. The van der Waals surface area contributed by atoms with Gasteiger partial charge in [-0.1, -0.05) is 12.1 Å². The lowest BCUT2D eigenvalue weighted by molar-refractivity contribution is 0.361. The predicted molar refractivity (Wildman–Crippen MR) is 84.0 cm³/mol. The van der Waals surface area contributed by atoms with Gasteiger partial charge in [0.05, 0.1) is 12.5 Å². The number of piperidine rings is 1. The van der Waals surface area contributed by atoms with Crippen LogP contribution in [0.3, 0.4) is 0 Å². The van der Waals surface area contributed by atoms with E-state index in [-0.39, 0.29) is 11.9 Å². The van der Waals surface area contributed by atoms with Gasteiger partial charge in [-0.3, -0.25) is 0 Å². The molecule has 0 spiro atoms. The van der Waals surface area contributed by atoms with Gasteiger partial charge < -0.3 is 9.42 Å². The monoisotopic (exact) mass is 328 g/mol. The summed E-state index contributed by atoms with van der Waals surface area (Å²) in [4.78, 5) is 10.6. The molecular formula is C16H17FN6O. The molecule has 1 atom stereocenters. The molecule has 1 unspecified atom stereocenters. The van der Waals surface area contributed by atoms with Gasteiger partial charge in [-0.25, -0.2) is 14.1 Å². The van der Waals surface area contributed by atoms with Crippen molar-refractivity contribution in [3.05, 3.63) is 54.2 Å². The van der Waals surface area contributed by atoms with E-state index < -0.39 is 0 Å². The molecule has 8 heteroatoms. The van der Waals surface area contributed by atoms with Gasteiger partial charge in [0.15, 0.2) is 0 Å². The molecule has 0 saturated carbocycles. The molecule has 3 heterocycles. The number of aromatic nitrogens is 5. The van der Waals surface area contributed by atoms with Crippen LogP contribution in [0.4, 0.5) is 10.3 Å².